The number of halogens is 2. The molecular weight excluding hydrogens is 337 g/mol. The van der Waals surface area contributed by atoms with Gasteiger partial charge in [-0.3, -0.25) is 10.4 Å². The summed E-state index contributed by atoms with van der Waals surface area (Å²) in [5.41, 5.74) is 5.52. The van der Waals surface area contributed by atoms with Crippen molar-refractivity contribution in [3.05, 3.63) is 69.8 Å². The van der Waals surface area contributed by atoms with Crippen molar-refractivity contribution in [2.24, 2.45) is 5.10 Å². The second-order valence-corrected chi connectivity index (χ2v) is 6.12. The highest BCUT2D eigenvalue weighted by atomic mass is 35.5. The zero-order valence-corrected chi connectivity index (χ0v) is 13.7. The first-order chi connectivity index (χ1) is 10.7. The number of hydrazone groups is 1. The molecule has 0 aliphatic carbocycles. The Morgan fingerprint density at radius 2 is 1.91 bits per heavy atom. The number of hydrogen-bond donors (Lipinski definition) is 1. The van der Waals surface area contributed by atoms with Gasteiger partial charge in [0.15, 0.2) is 0 Å². The maximum Gasteiger partial charge on any atom is 0.0861 e. The Kier molecular flexibility index (Phi) is 4.73. The Bertz CT molecular complexity index is 783. The van der Waals surface area contributed by atoms with Gasteiger partial charge in [0.05, 0.1) is 27.5 Å². The summed E-state index contributed by atoms with van der Waals surface area (Å²) in [6.45, 7) is 0. The van der Waals surface area contributed by atoms with E-state index in [1.807, 2.05) is 47.8 Å². The lowest BCUT2D eigenvalue weighted by Gasteiger charge is -2.01. The highest BCUT2D eigenvalue weighted by Gasteiger charge is 2.11. The van der Waals surface area contributed by atoms with Crippen molar-refractivity contribution in [1.29, 1.82) is 0 Å². The van der Waals surface area contributed by atoms with Crippen LogP contribution in [0.15, 0.2) is 59.1 Å². The highest BCUT2D eigenvalue weighted by Crippen LogP contribution is 2.40. The lowest BCUT2D eigenvalue weighted by atomic mass is 10.2. The van der Waals surface area contributed by atoms with Crippen LogP contribution in [0, 0.1) is 0 Å². The number of nitrogens with one attached hydrogen (secondary N) is 1. The number of rotatable bonds is 4. The van der Waals surface area contributed by atoms with Crippen LogP contribution < -0.4 is 5.43 Å². The molecule has 0 amide bonds. The molecule has 3 aromatic rings. The molecule has 0 aliphatic heterocycles. The molecule has 0 fully saturated rings. The molecule has 0 aliphatic rings. The minimum absolute atomic E-state index is 0.644. The molecule has 3 nitrogen and oxygen atoms in total. The second kappa shape index (κ2) is 6.92. The summed E-state index contributed by atoms with van der Waals surface area (Å²) in [6.07, 6.45) is 3.37. The molecule has 0 saturated heterocycles. The van der Waals surface area contributed by atoms with Crippen LogP contribution in [0.25, 0.3) is 10.4 Å². The van der Waals surface area contributed by atoms with Crippen LogP contribution in [-0.2, 0) is 0 Å². The van der Waals surface area contributed by atoms with Crippen molar-refractivity contribution in [1.82, 2.24) is 4.98 Å². The van der Waals surface area contributed by atoms with Crippen molar-refractivity contribution in [3.63, 3.8) is 0 Å². The van der Waals surface area contributed by atoms with E-state index in [4.69, 9.17) is 23.2 Å². The molecule has 1 N–H and O–H groups in total. The average Bonchev–Trinajstić information content (AvgIpc) is 2.90. The van der Waals surface area contributed by atoms with Gasteiger partial charge in [0.2, 0.25) is 0 Å². The van der Waals surface area contributed by atoms with Crippen molar-refractivity contribution < 1.29 is 0 Å². The third kappa shape index (κ3) is 3.47. The third-order valence-corrected chi connectivity index (χ3v) is 4.69. The van der Waals surface area contributed by atoms with Gasteiger partial charge in [-0.2, -0.15) is 5.10 Å². The van der Waals surface area contributed by atoms with Gasteiger partial charge in [0, 0.05) is 16.6 Å². The summed E-state index contributed by atoms with van der Waals surface area (Å²) in [5, 5.41) is 7.44. The predicted molar refractivity (Wildman–Crippen MR) is 95.2 cm³/mol. The van der Waals surface area contributed by atoms with Gasteiger partial charge >= 0.3 is 0 Å². The molecule has 0 saturated carbocycles. The van der Waals surface area contributed by atoms with E-state index in [1.165, 1.54) is 0 Å². The minimum Gasteiger partial charge on any atom is -0.276 e. The maximum atomic E-state index is 6.41. The summed E-state index contributed by atoms with van der Waals surface area (Å²) < 4.78 is 0. The molecular formula is C16H11Cl2N3S. The third-order valence-electron chi connectivity index (χ3n) is 2.91. The van der Waals surface area contributed by atoms with Crippen LogP contribution in [0.2, 0.25) is 10.0 Å². The molecule has 6 heteroatoms. The van der Waals surface area contributed by atoms with Crippen LogP contribution in [0.5, 0.6) is 0 Å². The van der Waals surface area contributed by atoms with E-state index in [2.05, 4.69) is 15.5 Å². The fourth-order valence-corrected chi connectivity index (χ4v) is 3.26. The molecule has 1 aromatic carbocycles. The first-order valence-corrected chi connectivity index (χ1v) is 8.10. The lowest BCUT2D eigenvalue weighted by Crippen LogP contribution is -1.91. The summed E-state index contributed by atoms with van der Waals surface area (Å²) in [6, 6.07) is 13.2. The van der Waals surface area contributed by atoms with E-state index in [-0.39, 0.29) is 0 Å². The molecule has 2 aromatic heterocycles. The van der Waals surface area contributed by atoms with E-state index in [1.54, 1.807) is 23.7 Å². The summed E-state index contributed by atoms with van der Waals surface area (Å²) in [7, 11) is 0. The molecule has 0 unspecified atom stereocenters. The van der Waals surface area contributed by atoms with E-state index < -0.39 is 0 Å². The first kappa shape index (κ1) is 15.0. The maximum absolute atomic E-state index is 6.41. The van der Waals surface area contributed by atoms with E-state index >= 15 is 0 Å². The van der Waals surface area contributed by atoms with Gasteiger partial charge in [0.25, 0.3) is 0 Å². The number of anilines is 1. The first-order valence-electron chi connectivity index (χ1n) is 6.47. The lowest BCUT2D eigenvalue weighted by molar-refractivity contribution is 1.28. The number of thiophene rings is 1. The fraction of sp³-hybridized carbons (Fsp3) is 0. The summed E-state index contributed by atoms with van der Waals surface area (Å²) in [5.74, 6) is 0. The quantitative estimate of drug-likeness (QED) is 0.495. The van der Waals surface area contributed by atoms with Gasteiger partial charge in [-0.15, -0.1) is 11.3 Å². The largest absolute Gasteiger partial charge is 0.276 e. The molecule has 110 valence electrons. The van der Waals surface area contributed by atoms with E-state index in [9.17, 15) is 0 Å². The zero-order chi connectivity index (χ0) is 15.4. The van der Waals surface area contributed by atoms with Crippen molar-refractivity contribution in [2.45, 2.75) is 0 Å². The molecule has 0 radical (unpaired) electrons. The minimum atomic E-state index is 0.644. The number of benzene rings is 1. The highest BCUT2D eigenvalue weighted by molar-refractivity contribution is 7.15. The SMILES string of the molecule is Clc1ccc(-c2scc(N/N=C/c3ccccn3)c2Cl)cc1. The normalized spacial score (nSPS) is 11.0. The second-order valence-electron chi connectivity index (χ2n) is 4.42. The van der Waals surface area contributed by atoms with Crippen LogP contribution in [0.1, 0.15) is 5.69 Å². The molecule has 0 bridgehead atoms. The number of hydrogen-bond acceptors (Lipinski definition) is 4. The smallest absolute Gasteiger partial charge is 0.0861 e. The zero-order valence-electron chi connectivity index (χ0n) is 11.3. The standard InChI is InChI=1S/C16H11Cl2N3S/c17-12-6-4-11(5-7-12)16-15(18)14(10-22-16)21-20-9-13-3-1-2-8-19-13/h1-10,21H/b20-9+. The Morgan fingerprint density at radius 1 is 1.09 bits per heavy atom. The van der Waals surface area contributed by atoms with Gasteiger partial charge in [-0.1, -0.05) is 41.4 Å². The molecule has 22 heavy (non-hydrogen) atoms. The van der Waals surface area contributed by atoms with Gasteiger partial charge < -0.3 is 0 Å². The van der Waals surface area contributed by atoms with Crippen LogP contribution in [0.4, 0.5) is 5.69 Å². The Morgan fingerprint density at radius 3 is 2.64 bits per heavy atom. The molecule has 3 rings (SSSR count). The van der Waals surface area contributed by atoms with Crippen molar-refractivity contribution in [3.8, 4) is 10.4 Å². The molecule has 0 atom stereocenters. The summed E-state index contributed by atoms with van der Waals surface area (Å²) in [4.78, 5) is 5.14. The van der Waals surface area contributed by atoms with Crippen molar-refractivity contribution in [2.75, 3.05) is 5.43 Å². The predicted octanol–water partition coefficient (Wildman–Crippen LogP) is 5.56. The van der Waals surface area contributed by atoms with E-state index in [0.29, 0.717) is 10.0 Å². The van der Waals surface area contributed by atoms with Crippen molar-refractivity contribution >= 4 is 46.4 Å². The topological polar surface area (TPSA) is 37.3 Å². The molecule has 0 spiro atoms. The van der Waals surface area contributed by atoms with Gasteiger partial charge in [0.1, 0.15) is 0 Å². The molecule has 2 heterocycles. The Labute approximate surface area is 142 Å². The van der Waals surface area contributed by atoms with Gasteiger partial charge in [-0.05, 0) is 29.8 Å². The fourth-order valence-electron chi connectivity index (χ4n) is 1.84. The van der Waals surface area contributed by atoms with Crippen LogP contribution in [0.3, 0.4) is 0 Å². The number of nitrogens with zero attached hydrogens (tertiary/aromatic N) is 2. The average molecular weight is 348 g/mol. The monoisotopic (exact) mass is 347 g/mol. The number of aromatic nitrogens is 1. The Balaban J connectivity index is 1.76. The number of pyridine rings is 1. The van der Waals surface area contributed by atoms with E-state index in [0.717, 1.165) is 21.8 Å². The summed E-state index contributed by atoms with van der Waals surface area (Å²) >= 11 is 13.9. The van der Waals surface area contributed by atoms with Crippen LogP contribution >= 0.6 is 34.5 Å². The Hall–Kier alpha value is -1.88. The van der Waals surface area contributed by atoms with Crippen LogP contribution in [-0.4, -0.2) is 11.2 Å². The van der Waals surface area contributed by atoms with Gasteiger partial charge in [-0.25, -0.2) is 0 Å².